The number of amides is 2. The fourth-order valence-corrected chi connectivity index (χ4v) is 2.40. The van der Waals surface area contributed by atoms with Gasteiger partial charge in [-0.15, -0.1) is 0 Å². The summed E-state index contributed by atoms with van der Waals surface area (Å²) < 4.78 is 1.38. The number of urea groups is 1. The molecule has 0 spiro atoms. The number of anilines is 1. The van der Waals surface area contributed by atoms with Crippen LogP contribution in [0, 0.1) is 5.41 Å². The number of carbonyl (C=O) groups is 1. The summed E-state index contributed by atoms with van der Waals surface area (Å²) in [5.74, 6) is 0.213. The van der Waals surface area contributed by atoms with Crippen molar-refractivity contribution in [3.63, 3.8) is 0 Å². The van der Waals surface area contributed by atoms with E-state index in [9.17, 15) is 9.59 Å². The van der Waals surface area contributed by atoms with Crippen LogP contribution in [0.1, 0.15) is 12.5 Å². The van der Waals surface area contributed by atoms with Crippen LogP contribution >= 0.6 is 0 Å². The molecule has 0 aliphatic heterocycles. The van der Waals surface area contributed by atoms with Crippen LogP contribution < -0.4 is 16.2 Å². The molecule has 0 unspecified atom stereocenters. The summed E-state index contributed by atoms with van der Waals surface area (Å²) in [4.78, 5) is 28.4. The van der Waals surface area contributed by atoms with Gasteiger partial charge in [0.05, 0.1) is 22.2 Å². The van der Waals surface area contributed by atoms with E-state index in [-0.39, 0.29) is 11.4 Å². The molecule has 24 heavy (non-hydrogen) atoms. The Morgan fingerprint density at radius 3 is 2.79 bits per heavy atom. The highest BCUT2D eigenvalue weighted by atomic mass is 16.2. The molecule has 2 aromatic heterocycles. The van der Waals surface area contributed by atoms with Crippen molar-refractivity contribution in [3.8, 4) is 5.69 Å². The third-order valence-corrected chi connectivity index (χ3v) is 3.50. The van der Waals surface area contributed by atoms with Crippen molar-refractivity contribution in [2.24, 2.45) is 0 Å². The second-order valence-corrected chi connectivity index (χ2v) is 5.03. The van der Waals surface area contributed by atoms with Crippen LogP contribution in [0.25, 0.3) is 16.6 Å². The number of hydrogen-bond donors (Lipinski definition) is 4. The van der Waals surface area contributed by atoms with Gasteiger partial charge in [-0.25, -0.2) is 14.5 Å². The first-order valence-electron chi connectivity index (χ1n) is 7.40. The Balaban J connectivity index is 2.15. The highest BCUT2D eigenvalue weighted by molar-refractivity contribution is 6.04. The molecule has 1 aromatic carbocycles. The van der Waals surface area contributed by atoms with E-state index in [1.807, 2.05) is 18.2 Å². The van der Waals surface area contributed by atoms with Crippen LogP contribution in [0.5, 0.6) is 0 Å². The molecular weight excluding hydrogens is 308 g/mol. The predicted molar refractivity (Wildman–Crippen MR) is 92.3 cm³/mol. The monoisotopic (exact) mass is 324 g/mol. The molecule has 0 aliphatic rings. The zero-order chi connectivity index (χ0) is 17.1. The summed E-state index contributed by atoms with van der Waals surface area (Å²) in [5, 5.41) is 16.1. The fourth-order valence-electron chi connectivity index (χ4n) is 2.40. The van der Waals surface area contributed by atoms with Gasteiger partial charge in [-0.2, -0.15) is 0 Å². The summed E-state index contributed by atoms with van der Waals surface area (Å²) in [6, 6.07) is 8.67. The van der Waals surface area contributed by atoms with E-state index in [1.54, 1.807) is 19.1 Å². The number of carbonyl (C=O) groups excluding carboxylic acids is 1. The van der Waals surface area contributed by atoms with Crippen LogP contribution in [0.3, 0.4) is 0 Å². The lowest BCUT2D eigenvalue weighted by Gasteiger charge is -2.07. The Morgan fingerprint density at radius 2 is 2.12 bits per heavy atom. The molecular formula is C16H16N6O2. The van der Waals surface area contributed by atoms with Crippen molar-refractivity contribution < 1.29 is 4.79 Å². The van der Waals surface area contributed by atoms with Crippen molar-refractivity contribution >= 4 is 29.0 Å². The lowest BCUT2D eigenvalue weighted by Crippen LogP contribution is -2.29. The topological polar surface area (TPSA) is 116 Å². The Kier molecular flexibility index (Phi) is 4.11. The minimum absolute atomic E-state index is 0.213. The number of aromatic amines is 1. The maximum Gasteiger partial charge on any atom is 0.320 e. The van der Waals surface area contributed by atoms with E-state index < -0.39 is 6.03 Å². The molecule has 8 heteroatoms. The largest absolute Gasteiger partial charge is 0.338 e. The van der Waals surface area contributed by atoms with Gasteiger partial charge in [-0.3, -0.25) is 15.2 Å². The maximum atomic E-state index is 12.5. The average molecular weight is 324 g/mol. The lowest BCUT2D eigenvalue weighted by atomic mass is 10.2. The molecule has 0 bridgehead atoms. The van der Waals surface area contributed by atoms with E-state index in [4.69, 9.17) is 5.41 Å². The second-order valence-electron chi connectivity index (χ2n) is 5.03. The van der Waals surface area contributed by atoms with Crippen molar-refractivity contribution in [1.29, 1.82) is 5.41 Å². The highest BCUT2D eigenvalue weighted by Gasteiger charge is 2.16. The van der Waals surface area contributed by atoms with Crippen LogP contribution in [-0.4, -0.2) is 33.6 Å². The van der Waals surface area contributed by atoms with Crippen molar-refractivity contribution in [3.05, 3.63) is 52.4 Å². The standard InChI is InChI=1S/C16H16N6O2/c1-2-18-16(24)20-14-11(8-17)13-12(9-19-14)15(23)22(21-13)10-6-4-3-5-7-10/h3-9,17,21H,2H2,1H3,(H2,18,19,20,24). The van der Waals surface area contributed by atoms with Crippen molar-refractivity contribution in [2.75, 3.05) is 11.9 Å². The van der Waals surface area contributed by atoms with E-state index in [2.05, 4.69) is 20.7 Å². The number of nitrogens with zero attached hydrogens (tertiary/aromatic N) is 2. The Hall–Kier alpha value is -3.42. The molecule has 122 valence electrons. The van der Waals surface area contributed by atoms with Crippen molar-refractivity contribution in [1.82, 2.24) is 20.1 Å². The molecule has 0 fully saturated rings. The molecule has 2 heterocycles. The SMILES string of the molecule is CCNC(=O)Nc1ncc2c(=O)n(-c3ccccc3)[nH]c2c1C=N. The number of fused-ring (bicyclic) bond motifs is 1. The maximum absolute atomic E-state index is 12.5. The van der Waals surface area contributed by atoms with Crippen molar-refractivity contribution in [2.45, 2.75) is 6.92 Å². The van der Waals surface area contributed by atoms with Gasteiger partial charge in [0.1, 0.15) is 5.82 Å². The van der Waals surface area contributed by atoms with Gasteiger partial charge in [-0.05, 0) is 19.1 Å². The minimum atomic E-state index is -0.419. The van der Waals surface area contributed by atoms with Gasteiger partial charge in [-0.1, -0.05) is 18.2 Å². The zero-order valence-electron chi connectivity index (χ0n) is 13.0. The molecule has 0 saturated heterocycles. The molecule has 0 aliphatic carbocycles. The first-order chi connectivity index (χ1) is 11.7. The Labute approximate surface area is 137 Å². The van der Waals surface area contributed by atoms with Gasteiger partial charge in [0, 0.05) is 19.0 Å². The van der Waals surface area contributed by atoms with Gasteiger partial charge in [0.2, 0.25) is 0 Å². The van der Waals surface area contributed by atoms with Crippen LogP contribution in [0.4, 0.5) is 10.6 Å². The van der Waals surface area contributed by atoms with E-state index in [0.717, 1.165) is 6.21 Å². The molecule has 0 radical (unpaired) electrons. The third kappa shape index (κ3) is 2.65. The number of nitrogens with one attached hydrogen (secondary N) is 4. The minimum Gasteiger partial charge on any atom is -0.338 e. The number of hydrogen-bond acceptors (Lipinski definition) is 4. The van der Waals surface area contributed by atoms with Gasteiger partial charge in [0.25, 0.3) is 5.56 Å². The summed E-state index contributed by atoms with van der Waals surface area (Å²) in [5.41, 5.74) is 1.19. The first kappa shape index (κ1) is 15.5. The summed E-state index contributed by atoms with van der Waals surface area (Å²) in [7, 11) is 0. The van der Waals surface area contributed by atoms with E-state index >= 15 is 0 Å². The molecule has 0 saturated carbocycles. The normalized spacial score (nSPS) is 10.5. The van der Waals surface area contributed by atoms with Gasteiger partial charge >= 0.3 is 6.03 Å². The first-order valence-corrected chi connectivity index (χ1v) is 7.40. The summed E-state index contributed by atoms with van der Waals surface area (Å²) >= 11 is 0. The van der Waals surface area contributed by atoms with Crippen LogP contribution in [-0.2, 0) is 0 Å². The van der Waals surface area contributed by atoms with Gasteiger partial charge in [0.15, 0.2) is 0 Å². The number of rotatable bonds is 4. The van der Waals surface area contributed by atoms with Crippen LogP contribution in [0.15, 0.2) is 41.3 Å². The summed E-state index contributed by atoms with van der Waals surface area (Å²) in [6.45, 7) is 2.26. The number of benzene rings is 1. The summed E-state index contributed by atoms with van der Waals surface area (Å²) in [6.07, 6.45) is 2.45. The third-order valence-electron chi connectivity index (χ3n) is 3.50. The molecule has 0 atom stereocenters. The molecule has 4 N–H and O–H groups in total. The Bertz CT molecular complexity index is 958. The van der Waals surface area contributed by atoms with E-state index in [0.29, 0.717) is 28.7 Å². The van der Waals surface area contributed by atoms with E-state index in [1.165, 1.54) is 10.9 Å². The number of pyridine rings is 1. The molecule has 3 rings (SSSR count). The molecule has 2 amide bonds. The van der Waals surface area contributed by atoms with Gasteiger partial charge < -0.3 is 10.7 Å². The quantitative estimate of drug-likeness (QED) is 0.549. The second kappa shape index (κ2) is 6.37. The van der Waals surface area contributed by atoms with Crippen LogP contribution in [0.2, 0.25) is 0 Å². The number of aromatic nitrogens is 3. The number of para-hydroxylation sites is 1. The Morgan fingerprint density at radius 1 is 1.38 bits per heavy atom. The average Bonchev–Trinajstić information content (AvgIpc) is 2.93. The molecule has 3 aromatic rings. The predicted octanol–water partition coefficient (Wildman–Crippen LogP) is 1.85. The number of H-pyrrole nitrogens is 1. The fraction of sp³-hybridized carbons (Fsp3) is 0.125. The highest BCUT2D eigenvalue weighted by Crippen LogP contribution is 2.19. The lowest BCUT2D eigenvalue weighted by molar-refractivity contribution is 0.252. The molecule has 8 nitrogen and oxygen atoms in total. The zero-order valence-corrected chi connectivity index (χ0v) is 13.0. The smallest absolute Gasteiger partial charge is 0.320 e.